The van der Waals surface area contributed by atoms with Crippen molar-refractivity contribution in [3.63, 3.8) is 0 Å². The van der Waals surface area contributed by atoms with Crippen molar-refractivity contribution in [1.29, 1.82) is 0 Å². The minimum absolute atomic E-state index is 0.0170. The Balaban J connectivity index is 3.08. The zero-order chi connectivity index (χ0) is 17.1. The van der Waals surface area contributed by atoms with Gasteiger partial charge in [-0.15, -0.1) is 0 Å². The highest BCUT2D eigenvalue weighted by Gasteiger charge is 2.28. The third kappa shape index (κ3) is 4.71. The summed E-state index contributed by atoms with van der Waals surface area (Å²) in [5, 5.41) is 9.10. The molecular weight excluding hydrogens is 306 g/mol. The van der Waals surface area contributed by atoms with Crippen molar-refractivity contribution < 1.29 is 23.1 Å². The van der Waals surface area contributed by atoms with Crippen LogP contribution in [-0.4, -0.2) is 31.6 Å². The highest BCUT2D eigenvalue weighted by atomic mass is 32.2. The molecule has 1 aromatic rings. The standard InChI is InChI=1S/C15H23NO5S/c1-9(2)14(15(17)18)16-22(19,20)12-6-7-13(11(5)8-12)21-10(3)4/h6-10,14,16H,1-5H3,(H,17,18)/t14-/m0/s1. The maximum atomic E-state index is 12.3. The Hall–Kier alpha value is -1.60. The van der Waals surface area contributed by atoms with E-state index in [-0.39, 0.29) is 16.9 Å². The summed E-state index contributed by atoms with van der Waals surface area (Å²) < 4.78 is 32.4. The third-order valence-corrected chi connectivity index (χ3v) is 4.47. The van der Waals surface area contributed by atoms with Crippen LogP contribution in [-0.2, 0) is 14.8 Å². The minimum atomic E-state index is -3.90. The summed E-state index contributed by atoms with van der Waals surface area (Å²) in [6.45, 7) is 8.80. The second kappa shape index (κ2) is 7.11. The molecule has 0 fully saturated rings. The highest BCUT2D eigenvalue weighted by molar-refractivity contribution is 7.89. The predicted molar refractivity (Wildman–Crippen MR) is 83.5 cm³/mol. The highest BCUT2D eigenvalue weighted by Crippen LogP contribution is 2.23. The molecule has 0 aliphatic carbocycles. The van der Waals surface area contributed by atoms with Crippen molar-refractivity contribution in [2.24, 2.45) is 5.92 Å². The molecule has 0 saturated heterocycles. The number of hydrogen-bond acceptors (Lipinski definition) is 4. The van der Waals surface area contributed by atoms with E-state index < -0.39 is 22.0 Å². The third-order valence-electron chi connectivity index (χ3n) is 3.03. The predicted octanol–water partition coefficient (Wildman–Crippen LogP) is 2.17. The fourth-order valence-corrected chi connectivity index (χ4v) is 3.30. The van der Waals surface area contributed by atoms with Crippen molar-refractivity contribution in [2.75, 3.05) is 0 Å². The lowest BCUT2D eigenvalue weighted by Gasteiger charge is -2.19. The molecule has 0 unspecified atom stereocenters. The van der Waals surface area contributed by atoms with Gasteiger partial charge in [-0.2, -0.15) is 4.72 Å². The first-order chi connectivity index (χ1) is 10.0. The van der Waals surface area contributed by atoms with Gasteiger partial charge in [0.15, 0.2) is 0 Å². The Morgan fingerprint density at radius 2 is 1.82 bits per heavy atom. The largest absolute Gasteiger partial charge is 0.491 e. The number of nitrogens with one attached hydrogen (secondary N) is 1. The molecule has 7 heteroatoms. The molecule has 0 amide bonds. The van der Waals surface area contributed by atoms with Crippen LogP contribution in [0, 0.1) is 12.8 Å². The molecule has 0 aromatic heterocycles. The van der Waals surface area contributed by atoms with Crippen LogP contribution < -0.4 is 9.46 Å². The van der Waals surface area contributed by atoms with Gasteiger partial charge >= 0.3 is 5.97 Å². The maximum absolute atomic E-state index is 12.3. The van der Waals surface area contributed by atoms with Crippen LogP contribution in [0.5, 0.6) is 5.75 Å². The second-order valence-electron chi connectivity index (χ2n) is 5.78. The summed E-state index contributed by atoms with van der Waals surface area (Å²) in [4.78, 5) is 11.2. The van der Waals surface area contributed by atoms with Crippen LogP contribution in [0.15, 0.2) is 23.1 Å². The normalized spacial score (nSPS) is 13.4. The smallest absolute Gasteiger partial charge is 0.322 e. The fraction of sp³-hybridized carbons (Fsp3) is 0.533. The number of hydrogen-bond donors (Lipinski definition) is 2. The van der Waals surface area contributed by atoms with E-state index in [9.17, 15) is 13.2 Å². The summed E-state index contributed by atoms with van der Waals surface area (Å²) in [5.41, 5.74) is 0.674. The molecule has 0 saturated carbocycles. The molecule has 22 heavy (non-hydrogen) atoms. The van der Waals surface area contributed by atoms with E-state index >= 15 is 0 Å². The van der Waals surface area contributed by atoms with Crippen molar-refractivity contribution in [3.8, 4) is 5.75 Å². The van der Waals surface area contributed by atoms with Crippen molar-refractivity contribution in [3.05, 3.63) is 23.8 Å². The summed E-state index contributed by atoms with van der Waals surface area (Å²) in [6, 6.07) is 3.29. The molecule has 0 spiro atoms. The Morgan fingerprint density at radius 1 is 1.23 bits per heavy atom. The Labute approximate surface area is 131 Å². The number of carboxylic acids is 1. The molecule has 0 radical (unpaired) electrons. The average Bonchev–Trinajstić information content (AvgIpc) is 2.37. The van der Waals surface area contributed by atoms with Gasteiger partial charge in [0, 0.05) is 0 Å². The average molecular weight is 329 g/mol. The van der Waals surface area contributed by atoms with E-state index in [2.05, 4.69) is 4.72 Å². The number of sulfonamides is 1. The zero-order valence-electron chi connectivity index (χ0n) is 13.5. The van der Waals surface area contributed by atoms with Crippen molar-refractivity contribution in [2.45, 2.75) is 51.7 Å². The number of carbonyl (C=O) groups is 1. The molecular formula is C15H23NO5S. The van der Waals surface area contributed by atoms with Crippen LogP contribution in [0.3, 0.4) is 0 Å². The molecule has 1 rings (SSSR count). The molecule has 1 atom stereocenters. The quantitative estimate of drug-likeness (QED) is 0.800. The van der Waals surface area contributed by atoms with Gasteiger partial charge in [-0.25, -0.2) is 8.42 Å². The number of benzene rings is 1. The first kappa shape index (κ1) is 18.4. The number of carboxylic acid groups (broad SMARTS) is 1. The van der Waals surface area contributed by atoms with Crippen LogP contribution in [0.25, 0.3) is 0 Å². The van der Waals surface area contributed by atoms with Gasteiger partial charge in [0.1, 0.15) is 11.8 Å². The molecule has 1 aromatic carbocycles. The Kier molecular flexibility index (Phi) is 5.96. The van der Waals surface area contributed by atoms with Crippen molar-refractivity contribution in [1.82, 2.24) is 4.72 Å². The van der Waals surface area contributed by atoms with Gasteiger partial charge in [0.2, 0.25) is 10.0 Å². The molecule has 0 aliphatic heterocycles. The van der Waals surface area contributed by atoms with Gasteiger partial charge < -0.3 is 9.84 Å². The summed E-state index contributed by atoms with van der Waals surface area (Å²) in [6.07, 6.45) is -0.0170. The maximum Gasteiger partial charge on any atom is 0.322 e. The summed E-state index contributed by atoms with van der Waals surface area (Å²) in [5.74, 6) is -0.959. The number of ether oxygens (including phenoxy) is 1. The van der Waals surface area contributed by atoms with Crippen LogP contribution in [0.2, 0.25) is 0 Å². The summed E-state index contributed by atoms with van der Waals surface area (Å²) >= 11 is 0. The summed E-state index contributed by atoms with van der Waals surface area (Å²) in [7, 11) is -3.90. The van der Waals surface area contributed by atoms with Gasteiger partial charge in [0.05, 0.1) is 11.0 Å². The topological polar surface area (TPSA) is 92.7 Å². The zero-order valence-corrected chi connectivity index (χ0v) is 14.3. The lowest BCUT2D eigenvalue weighted by molar-refractivity contribution is -0.140. The van der Waals surface area contributed by atoms with Gasteiger partial charge in [0.25, 0.3) is 0 Å². The monoisotopic (exact) mass is 329 g/mol. The van der Waals surface area contributed by atoms with Crippen molar-refractivity contribution >= 4 is 16.0 Å². The molecule has 2 N–H and O–H groups in total. The molecule has 124 valence electrons. The fourth-order valence-electron chi connectivity index (χ4n) is 1.88. The van der Waals surface area contributed by atoms with E-state index in [0.717, 1.165) is 0 Å². The van der Waals surface area contributed by atoms with Crippen LogP contribution >= 0.6 is 0 Å². The number of aryl methyl sites for hydroxylation is 1. The van der Waals surface area contributed by atoms with E-state index in [1.807, 2.05) is 13.8 Å². The second-order valence-corrected chi connectivity index (χ2v) is 7.49. The Morgan fingerprint density at radius 3 is 2.23 bits per heavy atom. The molecule has 0 heterocycles. The number of aliphatic carboxylic acids is 1. The Bertz CT molecular complexity index is 637. The molecule has 0 aliphatic rings. The minimum Gasteiger partial charge on any atom is -0.491 e. The van der Waals surface area contributed by atoms with Gasteiger partial charge in [-0.05, 0) is 50.5 Å². The van der Waals surface area contributed by atoms with Crippen LogP contribution in [0.4, 0.5) is 0 Å². The lowest BCUT2D eigenvalue weighted by Crippen LogP contribution is -2.44. The lowest BCUT2D eigenvalue weighted by atomic mass is 10.1. The molecule has 0 bridgehead atoms. The SMILES string of the molecule is Cc1cc(S(=O)(=O)N[C@H](C(=O)O)C(C)C)ccc1OC(C)C. The van der Waals surface area contributed by atoms with E-state index in [0.29, 0.717) is 11.3 Å². The first-order valence-electron chi connectivity index (χ1n) is 7.07. The van der Waals surface area contributed by atoms with Gasteiger partial charge in [-0.1, -0.05) is 13.8 Å². The van der Waals surface area contributed by atoms with Gasteiger partial charge in [-0.3, -0.25) is 4.79 Å². The van der Waals surface area contributed by atoms with E-state index in [1.54, 1.807) is 26.8 Å². The number of rotatable bonds is 7. The van der Waals surface area contributed by atoms with E-state index in [1.165, 1.54) is 12.1 Å². The molecule has 6 nitrogen and oxygen atoms in total. The van der Waals surface area contributed by atoms with E-state index in [4.69, 9.17) is 9.84 Å². The first-order valence-corrected chi connectivity index (χ1v) is 8.55. The van der Waals surface area contributed by atoms with Crippen LogP contribution in [0.1, 0.15) is 33.3 Å².